The second-order valence-corrected chi connectivity index (χ2v) is 7.02. The van der Waals surface area contributed by atoms with Crippen LogP contribution in [0.5, 0.6) is 0 Å². The molecule has 0 spiro atoms. The molecule has 1 saturated heterocycles. The molecule has 1 atom stereocenters. The normalized spacial score (nSPS) is 20.7. The van der Waals surface area contributed by atoms with Crippen molar-refractivity contribution < 1.29 is 8.42 Å². The van der Waals surface area contributed by atoms with E-state index in [9.17, 15) is 8.42 Å². The first kappa shape index (κ1) is 13.4. The Bertz CT molecular complexity index is 499. The van der Waals surface area contributed by atoms with Gasteiger partial charge in [-0.15, -0.1) is 0 Å². The van der Waals surface area contributed by atoms with Crippen LogP contribution >= 0.6 is 0 Å². The lowest BCUT2D eigenvalue weighted by Gasteiger charge is -2.31. The summed E-state index contributed by atoms with van der Waals surface area (Å²) in [6, 6.07) is 8.04. The number of hydrogen-bond acceptors (Lipinski definition) is 4. The maximum absolute atomic E-state index is 11.5. The van der Waals surface area contributed by atoms with Crippen LogP contribution in [-0.4, -0.2) is 33.0 Å². The maximum atomic E-state index is 11.5. The third kappa shape index (κ3) is 2.84. The SMILES string of the molecule is CCC(N)c1ccccc1N1CCS(=O)(=O)CC1. The minimum Gasteiger partial charge on any atom is -0.369 e. The lowest BCUT2D eigenvalue weighted by atomic mass is 10.0. The van der Waals surface area contributed by atoms with Crippen LogP contribution in [0.25, 0.3) is 0 Å². The minimum atomic E-state index is -2.84. The van der Waals surface area contributed by atoms with Gasteiger partial charge in [0.2, 0.25) is 0 Å². The van der Waals surface area contributed by atoms with Crippen LogP contribution in [0, 0.1) is 0 Å². The monoisotopic (exact) mass is 268 g/mol. The maximum Gasteiger partial charge on any atom is 0.153 e. The largest absolute Gasteiger partial charge is 0.369 e. The first-order valence-corrected chi connectivity index (χ1v) is 8.15. The number of benzene rings is 1. The molecule has 18 heavy (non-hydrogen) atoms. The second-order valence-electron chi connectivity index (χ2n) is 4.71. The van der Waals surface area contributed by atoms with Crippen molar-refractivity contribution in [2.75, 3.05) is 29.5 Å². The first-order valence-electron chi connectivity index (χ1n) is 6.33. The zero-order valence-corrected chi connectivity index (χ0v) is 11.5. The average Bonchev–Trinajstić information content (AvgIpc) is 2.38. The molecule has 2 rings (SSSR count). The van der Waals surface area contributed by atoms with E-state index in [0.29, 0.717) is 13.1 Å². The minimum absolute atomic E-state index is 0.0136. The third-order valence-corrected chi connectivity index (χ3v) is 5.07. The van der Waals surface area contributed by atoms with E-state index in [1.54, 1.807) is 0 Å². The van der Waals surface area contributed by atoms with E-state index >= 15 is 0 Å². The van der Waals surface area contributed by atoms with Gasteiger partial charge in [0.05, 0.1) is 11.5 Å². The Labute approximate surface area is 109 Å². The Morgan fingerprint density at radius 2 is 1.89 bits per heavy atom. The number of nitrogens with two attached hydrogens (primary N) is 1. The van der Waals surface area contributed by atoms with Crippen molar-refractivity contribution in [2.45, 2.75) is 19.4 Å². The van der Waals surface area contributed by atoms with Gasteiger partial charge in [0.25, 0.3) is 0 Å². The van der Waals surface area contributed by atoms with Crippen molar-refractivity contribution in [3.8, 4) is 0 Å². The van der Waals surface area contributed by atoms with E-state index in [-0.39, 0.29) is 17.5 Å². The molecule has 0 aliphatic carbocycles. The molecule has 1 aliphatic rings. The van der Waals surface area contributed by atoms with Gasteiger partial charge in [0.15, 0.2) is 9.84 Å². The van der Waals surface area contributed by atoms with Gasteiger partial charge in [-0.25, -0.2) is 8.42 Å². The Balaban J connectivity index is 2.24. The van der Waals surface area contributed by atoms with Gasteiger partial charge in [-0.3, -0.25) is 0 Å². The van der Waals surface area contributed by atoms with E-state index in [1.807, 2.05) is 24.3 Å². The quantitative estimate of drug-likeness (QED) is 0.898. The molecule has 0 bridgehead atoms. The lowest BCUT2D eigenvalue weighted by Crippen LogP contribution is -2.41. The predicted molar refractivity (Wildman–Crippen MR) is 74.5 cm³/mol. The molecule has 1 aromatic carbocycles. The van der Waals surface area contributed by atoms with Crippen molar-refractivity contribution in [1.82, 2.24) is 0 Å². The van der Waals surface area contributed by atoms with Gasteiger partial charge in [0.1, 0.15) is 0 Å². The smallest absolute Gasteiger partial charge is 0.153 e. The third-order valence-electron chi connectivity index (χ3n) is 3.46. The molecule has 1 fully saturated rings. The molecule has 1 aliphatic heterocycles. The molecule has 2 N–H and O–H groups in total. The Kier molecular flexibility index (Phi) is 3.92. The first-order chi connectivity index (χ1) is 8.53. The fraction of sp³-hybridized carbons (Fsp3) is 0.538. The summed E-state index contributed by atoms with van der Waals surface area (Å²) in [6.07, 6.45) is 0.878. The number of nitrogens with zero attached hydrogens (tertiary/aromatic N) is 1. The highest BCUT2D eigenvalue weighted by Crippen LogP contribution is 2.27. The molecule has 1 aromatic rings. The molecule has 0 aromatic heterocycles. The summed E-state index contributed by atoms with van der Waals surface area (Å²) in [6.45, 7) is 3.19. The van der Waals surface area contributed by atoms with Crippen molar-refractivity contribution in [2.24, 2.45) is 5.73 Å². The van der Waals surface area contributed by atoms with E-state index in [4.69, 9.17) is 5.73 Å². The molecule has 4 nitrogen and oxygen atoms in total. The second kappa shape index (κ2) is 5.28. The molecule has 0 saturated carbocycles. The standard InChI is InChI=1S/C13H20N2O2S/c1-2-12(14)11-5-3-4-6-13(11)15-7-9-18(16,17)10-8-15/h3-6,12H,2,7-10,14H2,1H3. The molecule has 100 valence electrons. The average molecular weight is 268 g/mol. The highest BCUT2D eigenvalue weighted by molar-refractivity contribution is 7.91. The number of hydrogen-bond donors (Lipinski definition) is 1. The molecule has 0 amide bonds. The van der Waals surface area contributed by atoms with E-state index in [2.05, 4.69) is 11.8 Å². The van der Waals surface area contributed by atoms with Crippen LogP contribution in [0.4, 0.5) is 5.69 Å². The number of rotatable bonds is 3. The predicted octanol–water partition coefficient (Wildman–Crippen LogP) is 1.33. The Morgan fingerprint density at radius 1 is 1.28 bits per heavy atom. The molecule has 1 heterocycles. The summed E-state index contributed by atoms with van der Waals surface area (Å²) in [5.41, 5.74) is 8.31. The van der Waals surface area contributed by atoms with Crippen molar-refractivity contribution >= 4 is 15.5 Å². The van der Waals surface area contributed by atoms with Gasteiger partial charge in [0, 0.05) is 24.8 Å². The van der Waals surface area contributed by atoms with Crippen LogP contribution in [0.3, 0.4) is 0 Å². The zero-order valence-electron chi connectivity index (χ0n) is 10.7. The Morgan fingerprint density at radius 3 is 2.50 bits per heavy atom. The molecule has 0 radical (unpaired) electrons. The summed E-state index contributed by atoms with van der Waals surface area (Å²) in [7, 11) is -2.84. The highest BCUT2D eigenvalue weighted by atomic mass is 32.2. The van der Waals surface area contributed by atoms with Gasteiger partial charge >= 0.3 is 0 Å². The molecule has 5 heteroatoms. The fourth-order valence-corrected chi connectivity index (χ4v) is 3.46. The lowest BCUT2D eigenvalue weighted by molar-refractivity contribution is 0.586. The summed E-state index contributed by atoms with van der Waals surface area (Å²) >= 11 is 0. The fourth-order valence-electron chi connectivity index (χ4n) is 2.26. The van der Waals surface area contributed by atoms with Crippen LogP contribution in [-0.2, 0) is 9.84 Å². The molecular weight excluding hydrogens is 248 g/mol. The van der Waals surface area contributed by atoms with Gasteiger partial charge in [-0.05, 0) is 18.1 Å². The van der Waals surface area contributed by atoms with Crippen LogP contribution < -0.4 is 10.6 Å². The van der Waals surface area contributed by atoms with Crippen molar-refractivity contribution in [1.29, 1.82) is 0 Å². The molecular formula is C13H20N2O2S. The van der Waals surface area contributed by atoms with Gasteiger partial charge < -0.3 is 10.6 Å². The van der Waals surface area contributed by atoms with Crippen molar-refractivity contribution in [3.63, 3.8) is 0 Å². The van der Waals surface area contributed by atoms with Gasteiger partial charge in [-0.1, -0.05) is 25.1 Å². The molecule has 1 unspecified atom stereocenters. The van der Waals surface area contributed by atoms with Crippen LogP contribution in [0.15, 0.2) is 24.3 Å². The topological polar surface area (TPSA) is 63.4 Å². The number of anilines is 1. The summed E-state index contributed by atoms with van der Waals surface area (Å²) < 4.78 is 22.9. The van der Waals surface area contributed by atoms with E-state index in [1.165, 1.54) is 0 Å². The highest BCUT2D eigenvalue weighted by Gasteiger charge is 2.23. The van der Waals surface area contributed by atoms with Crippen LogP contribution in [0.2, 0.25) is 0 Å². The Hall–Kier alpha value is -1.07. The van der Waals surface area contributed by atoms with Gasteiger partial charge in [-0.2, -0.15) is 0 Å². The summed E-state index contributed by atoms with van der Waals surface area (Å²) in [5, 5.41) is 0. The van der Waals surface area contributed by atoms with Crippen molar-refractivity contribution in [3.05, 3.63) is 29.8 Å². The summed E-state index contributed by atoms with van der Waals surface area (Å²) in [4.78, 5) is 2.13. The van der Waals surface area contributed by atoms with Crippen LogP contribution in [0.1, 0.15) is 24.9 Å². The zero-order chi connectivity index (χ0) is 13.2. The number of sulfone groups is 1. The van der Waals surface area contributed by atoms with E-state index < -0.39 is 9.84 Å². The van der Waals surface area contributed by atoms with E-state index in [0.717, 1.165) is 17.7 Å². The summed E-state index contributed by atoms with van der Waals surface area (Å²) in [5.74, 6) is 0.478. The number of para-hydroxylation sites is 1.